The Balaban J connectivity index is 1.95. The zero-order chi connectivity index (χ0) is 12.3. The summed E-state index contributed by atoms with van der Waals surface area (Å²) >= 11 is 3.40. The van der Waals surface area contributed by atoms with Crippen LogP contribution in [0.3, 0.4) is 0 Å². The van der Waals surface area contributed by atoms with Crippen LogP contribution in [0, 0.1) is 0 Å². The molecule has 0 spiro atoms. The standard InChI is InChI=1S/C11H18BrN5/c1-2-17-5-3-4-8(17)6-14-11-9(12)10(13)15-7-16-11/h7-8H,2-6H2,1H3,(H3,13,14,15,16). The van der Waals surface area contributed by atoms with E-state index in [0.717, 1.165) is 23.4 Å². The van der Waals surface area contributed by atoms with Crippen LogP contribution in [0.4, 0.5) is 11.6 Å². The average Bonchev–Trinajstić information content (AvgIpc) is 2.78. The summed E-state index contributed by atoms with van der Waals surface area (Å²) in [6.07, 6.45) is 4.01. The second kappa shape index (κ2) is 5.64. The highest BCUT2D eigenvalue weighted by Gasteiger charge is 2.22. The minimum atomic E-state index is 0.473. The van der Waals surface area contributed by atoms with Gasteiger partial charge < -0.3 is 11.1 Å². The molecule has 6 heteroatoms. The molecular formula is C11H18BrN5. The third-order valence-electron chi connectivity index (χ3n) is 3.23. The van der Waals surface area contributed by atoms with Crippen molar-refractivity contribution in [1.29, 1.82) is 0 Å². The predicted octanol–water partition coefficient (Wildman–Crippen LogP) is 1.72. The van der Waals surface area contributed by atoms with E-state index >= 15 is 0 Å². The molecule has 94 valence electrons. The number of hydrogen-bond donors (Lipinski definition) is 2. The SMILES string of the molecule is CCN1CCCC1CNc1ncnc(N)c1Br. The van der Waals surface area contributed by atoms with E-state index in [4.69, 9.17) is 5.73 Å². The first kappa shape index (κ1) is 12.6. The summed E-state index contributed by atoms with van der Waals surface area (Å²) in [5.41, 5.74) is 5.71. The van der Waals surface area contributed by atoms with Crippen LogP contribution in [0.15, 0.2) is 10.8 Å². The smallest absolute Gasteiger partial charge is 0.145 e. The molecule has 0 amide bonds. The number of rotatable bonds is 4. The molecule has 0 aliphatic carbocycles. The summed E-state index contributed by atoms with van der Waals surface area (Å²) in [4.78, 5) is 10.6. The molecule has 1 aromatic heterocycles. The molecular weight excluding hydrogens is 282 g/mol. The van der Waals surface area contributed by atoms with Crippen LogP contribution in [0.25, 0.3) is 0 Å². The summed E-state index contributed by atoms with van der Waals surface area (Å²) in [5.74, 6) is 1.25. The second-order valence-electron chi connectivity index (χ2n) is 4.23. The average molecular weight is 300 g/mol. The molecule has 1 unspecified atom stereocenters. The minimum Gasteiger partial charge on any atom is -0.383 e. The lowest BCUT2D eigenvalue weighted by Gasteiger charge is -2.23. The van der Waals surface area contributed by atoms with Crippen molar-refractivity contribution in [2.45, 2.75) is 25.8 Å². The molecule has 1 aliphatic rings. The third-order valence-corrected chi connectivity index (χ3v) is 4.01. The van der Waals surface area contributed by atoms with Gasteiger partial charge in [-0.3, -0.25) is 4.90 Å². The number of halogens is 1. The van der Waals surface area contributed by atoms with Gasteiger partial charge in [0.2, 0.25) is 0 Å². The number of hydrogen-bond acceptors (Lipinski definition) is 5. The lowest BCUT2D eigenvalue weighted by molar-refractivity contribution is 0.277. The zero-order valence-electron chi connectivity index (χ0n) is 9.99. The van der Waals surface area contributed by atoms with Crippen molar-refractivity contribution in [1.82, 2.24) is 14.9 Å². The topological polar surface area (TPSA) is 67.1 Å². The van der Waals surface area contributed by atoms with Crippen molar-refractivity contribution in [3.8, 4) is 0 Å². The lowest BCUT2D eigenvalue weighted by Crippen LogP contribution is -2.34. The molecule has 1 saturated heterocycles. The molecule has 17 heavy (non-hydrogen) atoms. The van der Waals surface area contributed by atoms with Crippen molar-refractivity contribution in [3.05, 3.63) is 10.8 Å². The number of nitrogen functional groups attached to an aromatic ring is 1. The maximum Gasteiger partial charge on any atom is 0.145 e. The first-order valence-corrected chi connectivity index (χ1v) is 6.75. The quantitative estimate of drug-likeness (QED) is 0.886. The lowest BCUT2D eigenvalue weighted by atomic mass is 10.2. The molecule has 0 aromatic carbocycles. The molecule has 1 fully saturated rings. The van der Waals surface area contributed by atoms with Gasteiger partial charge in [0, 0.05) is 12.6 Å². The van der Waals surface area contributed by atoms with Crippen LogP contribution in [-0.4, -0.2) is 40.5 Å². The Morgan fingerprint density at radius 2 is 2.41 bits per heavy atom. The van der Waals surface area contributed by atoms with Gasteiger partial charge in [-0.15, -0.1) is 0 Å². The molecule has 0 bridgehead atoms. The number of anilines is 2. The van der Waals surface area contributed by atoms with Crippen molar-refractivity contribution in [2.24, 2.45) is 0 Å². The van der Waals surface area contributed by atoms with Crippen LogP contribution in [0.1, 0.15) is 19.8 Å². The highest BCUT2D eigenvalue weighted by Crippen LogP contribution is 2.25. The van der Waals surface area contributed by atoms with Gasteiger partial charge in [0.25, 0.3) is 0 Å². The summed E-state index contributed by atoms with van der Waals surface area (Å²) < 4.78 is 0.751. The first-order valence-electron chi connectivity index (χ1n) is 5.96. The number of likely N-dealkylation sites (tertiary alicyclic amines) is 1. The molecule has 1 aromatic rings. The Morgan fingerprint density at radius 1 is 1.59 bits per heavy atom. The number of nitrogens with two attached hydrogens (primary N) is 1. The van der Waals surface area contributed by atoms with Gasteiger partial charge in [-0.1, -0.05) is 6.92 Å². The van der Waals surface area contributed by atoms with Gasteiger partial charge >= 0.3 is 0 Å². The Morgan fingerprint density at radius 3 is 3.18 bits per heavy atom. The fourth-order valence-electron chi connectivity index (χ4n) is 2.26. The molecule has 0 radical (unpaired) electrons. The summed E-state index contributed by atoms with van der Waals surface area (Å²) in [5, 5.41) is 3.34. The minimum absolute atomic E-state index is 0.473. The van der Waals surface area contributed by atoms with Crippen molar-refractivity contribution in [3.63, 3.8) is 0 Å². The summed E-state index contributed by atoms with van der Waals surface area (Å²) in [7, 11) is 0. The zero-order valence-corrected chi connectivity index (χ0v) is 11.6. The van der Waals surface area contributed by atoms with E-state index in [1.54, 1.807) is 0 Å². The number of aromatic nitrogens is 2. The Kier molecular flexibility index (Phi) is 4.17. The van der Waals surface area contributed by atoms with Gasteiger partial charge in [0.15, 0.2) is 0 Å². The van der Waals surface area contributed by atoms with Gasteiger partial charge in [-0.25, -0.2) is 9.97 Å². The van der Waals surface area contributed by atoms with Crippen LogP contribution in [-0.2, 0) is 0 Å². The summed E-state index contributed by atoms with van der Waals surface area (Å²) in [6.45, 7) is 5.43. The van der Waals surface area contributed by atoms with E-state index in [1.165, 1.54) is 25.7 Å². The van der Waals surface area contributed by atoms with Crippen LogP contribution < -0.4 is 11.1 Å². The van der Waals surface area contributed by atoms with E-state index < -0.39 is 0 Å². The number of nitrogens with one attached hydrogen (secondary N) is 1. The van der Waals surface area contributed by atoms with Crippen molar-refractivity contribution < 1.29 is 0 Å². The molecule has 1 aliphatic heterocycles. The molecule has 2 heterocycles. The maximum atomic E-state index is 5.71. The van der Waals surface area contributed by atoms with Gasteiger partial charge in [0.1, 0.15) is 22.4 Å². The molecule has 2 rings (SSSR count). The van der Waals surface area contributed by atoms with E-state index in [9.17, 15) is 0 Å². The normalized spacial score (nSPS) is 20.7. The van der Waals surface area contributed by atoms with Gasteiger partial charge in [-0.05, 0) is 41.9 Å². The van der Waals surface area contributed by atoms with E-state index in [2.05, 4.69) is 43.0 Å². The molecule has 5 nitrogen and oxygen atoms in total. The fourth-order valence-corrected chi connectivity index (χ4v) is 2.61. The predicted molar refractivity (Wildman–Crippen MR) is 72.9 cm³/mol. The highest BCUT2D eigenvalue weighted by atomic mass is 79.9. The van der Waals surface area contributed by atoms with Gasteiger partial charge in [0.05, 0.1) is 0 Å². The largest absolute Gasteiger partial charge is 0.383 e. The fraction of sp³-hybridized carbons (Fsp3) is 0.636. The van der Waals surface area contributed by atoms with E-state index in [1.807, 2.05) is 0 Å². The van der Waals surface area contributed by atoms with Crippen LogP contribution in [0.5, 0.6) is 0 Å². The Labute approximate surface area is 110 Å². The Bertz CT molecular complexity index is 384. The monoisotopic (exact) mass is 299 g/mol. The van der Waals surface area contributed by atoms with Gasteiger partial charge in [-0.2, -0.15) is 0 Å². The van der Waals surface area contributed by atoms with Crippen LogP contribution in [0.2, 0.25) is 0 Å². The van der Waals surface area contributed by atoms with Crippen molar-refractivity contribution in [2.75, 3.05) is 30.7 Å². The van der Waals surface area contributed by atoms with E-state index in [0.29, 0.717) is 11.9 Å². The molecule has 0 saturated carbocycles. The summed E-state index contributed by atoms with van der Waals surface area (Å²) in [6, 6.07) is 0.600. The molecule has 3 N–H and O–H groups in total. The second-order valence-corrected chi connectivity index (χ2v) is 5.02. The number of nitrogens with zero attached hydrogens (tertiary/aromatic N) is 3. The maximum absolute atomic E-state index is 5.71. The van der Waals surface area contributed by atoms with Crippen LogP contribution >= 0.6 is 15.9 Å². The highest BCUT2D eigenvalue weighted by molar-refractivity contribution is 9.10. The third kappa shape index (κ3) is 2.87. The molecule has 1 atom stereocenters. The number of likely N-dealkylation sites (N-methyl/N-ethyl adjacent to an activating group) is 1. The van der Waals surface area contributed by atoms with Crippen molar-refractivity contribution >= 4 is 27.6 Å². The van der Waals surface area contributed by atoms with E-state index in [-0.39, 0.29) is 0 Å². The first-order chi connectivity index (χ1) is 8.22. The Hall–Kier alpha value is -0.880.